The second-order valence-corrected chi connectivity index (χ2v) is 6.88. The van der Waals surface area contributed by atoms with E-state index in [1.165, 1.54) is 10.5 Å². The van der Waals surface area contributed by atoms with Gasteiger partial charge in [-0.3, -0.25) is 0 Å². The van der Waals surface area contributed by atoms with Gasteiger partial charge in [0.15, 0.2) is 5.11 Å². The second kappa shape index (κ2) is 9.01. The number of benzene rings is 2. The third-order valence-electron chi connectivity index (χ3n) is 3.09. The molecule has 0 atom stereocenters. The highest BCUT2D eigenvalue weighted by atomic mass is 35.5. The quantitative estimate of drug-likeness (QED) is 0.438. The summed E-state index contributed by atoms with van der Waals surface area (Å²) in [4.78, 5) is 1.26. The van der Waals surface area contributed by atoms with Gasteiger partial charge in [-0.25, -0.2) is 0 Å². The van der Waals surface area contributed by atoms with Crippen LogP contribution < -0.4 is 15.4 Å². The Bertz CT molecular complexity index is 662. The van der Waals surface area contributed by atoms with Crippen LogP contribution in [0.4, 0.5) is 5.69 Å². The van der Waals surface area contributed by atoms with Crippen molar-refractivity contribution in [3.63, 3.8) is 0 Å². The lowest BCUT2D eigenvalue weighted by Gasteiger charge is -2.11. The van der Waals surface area contributed by atoms with E-state index in [4.69, 9.17) is 28.6 Å². The molecule has 0 aliphatic heterocycles. The monoisotopic (exact) mass is 366 g/mol. The third-order valence-corrected chi connectivity index (χ3v) is 4.64. The summed E-state index contributed by atoms with van der Waals surface area (Å²) in [5, 5.41) is 7.43. The molecule has 2 N–H and O–H groups in total. The Morgan fingerprint density at radius 1 is 1.22 bits per heavy atom. The number of rotatable bonds is 6. The van der Waals surface area contributed by atoms with Gasteiger partial charge in [-0.15, -0.1) is 11.8 Å². The molecule has 2 rings (SSSR count). The molecule has 0 aliphatic rings. The number of anilines is 1. The minimum Gasteiger partial charge on any atom is -0.495 e. The van der Waals surface area contributed by atoms with Gasteiger partial charge in [0, 0.05) is 22.9 Å². The summed E-state index contributed by atoms with van der Waals surface area (Å²) in [5.74, 6) is 1.58. The molecule has 0 aliphatic carbocycles. The third kappa shape index (κ3) is 5.94. The number of nitrogens with one attached hydrogen (secondary N) is 2. The number of thioether (sulfide) groups is 1. The first kappa shape index (κ1) is 17.9. The largest absolute Gasteiger partial charge is 0.495 e. The molecule has 0 bridgehead atoms. The van der Waals surface area contributed by atoms with E-state index in [9.17, 15) is 0 Å². The molecule has 0 heterocycles. The van der Waals surface area contributed by atoms with Crippen molar-refractivity contribution in [1.29, 1.82) is 0 Å². The Kier molecular flexibility index (Phi) is 7.02. The molecule has 0 saturated heterocycles. The Balaban J connectivity index is 1.72. The molecule has 0 fully saturated rings. The van der Waals surface area contributed by atoms with Crippen molar-refractivity contribution < 1.29 is 4.74 Å². The van der Waals surface area contributed by atoms with Gasteiger partial charge >= 0.3 is 0 Å². The molecule has 6 heteroatoms. The topological polar surface area (TPSA) is 33.3 Å². The average molecular weight is 367 g/mol. The molecule has 3 nitrogen and oxygen atoms in total. The number of methoxy groups -OCH3 is 1. The summed E-state index contributed by atoms with van der Waals surface area (Å²) in [6, 6.07) is 14.0. The zero-order chi connectivity index (χ0) is 16.7. The van der Waals surface area contributed by atoms with Crippen LogP contribution in [-0.2, 0) is 0 Å². The van der Waals surface area contributed by atoms with Crippen LogP contribution in [0, 0.1) is 6.92 Å². The second-order valence-electron chi connectivity index (χ2n) is 4.89. The molecule has 2 aromatic carbocycles. The van der Waals surface area contributed by atoms with Crippen LogP contribution in [0.15, 0.2) is 47.4 Å². The van der Waals surface area contributed by atoms with Gasteiger partial charge in [0.05, 0.1) is 12.1 Å². The van der Waals surface area contributed by atoms with E-state index >= 15 is 0 Å². The summed E-state index contributed by atoms with van der Waals surface area (Å²) in [7, 11) is 1.59. The van der Waals surface area contributed by atoms with Gasteiger partial charge in [0.25, 0.3) is 0 Å². The standard InChI is InChI=1S/C17H19ClN2OS2/c1-12-3-6-14(7-4-12)23-10-9-19-17(22)20-13-5-8-16(21-2)15(18)11-13/h3-8,11H,9-10H2,1-2H3,(H2,19,20,22). The smallest absolute Gasteiger partial charge is 0.170 e. The van der Waals surface area contributed by atoms with Crippen LogP contribution in [0.5, 0.6) is 5.75 Å². The zero-order valence-electron chi connectivity index (χ0n) is 13.1. The highest BCUT2D eigenvalue weighted by Gasteiger charge is 2.03. The molecule has 2 aromatic rings. The molecule has 122 valence electrons. The van der Waals surface area contributed by atoms with Crippen LogP contribution in [0.2, 0.25) is 5.02 Å². The molecule has 0 radical (unpaired) electrons. The molecule has 0 saturated carbocycles. The molecule has 0 amide bonds. The van der Waals surface area contributed by atoms with Gasteiger partial charge in [-0.05, 0) is 49.5 Å². The lowest BCUT2D eigenvalue weighted by Crippen LogP contribution is -2.30. The summed E-state index contributed by atoms with van der Waals surface area (Å²) >= 11 is 13.2. The number of halogens is 1. The van der Waals surface area contributed by atoms with Crippen molar-refractivity contribution in [2.75, 3.05) is 24.7 Å². The fourth-order valence-corrected chi connectivity index (χ4v) is 3.13. The lowest BCUT2D eigenvalue weighted by molar-refractivity contribution is 0.415. The van der Waals surface area contributed by atoms with Gasteiger partial charge in [0.1, 0.15) is 5.75 Å². The van der Waals surface area contributed by atoms with E-state index in [0.717, 1.165) is 18.0 Å². The number of thiocarbonyl (C=S) groups is 1. The highest BCUT2D eigenvalue weighted by Crippen LogP contribution is 2.27. The van der Waals surface area contributed by atoms with Crippen LogP contribution in [-0.4, -0.2) is 24.5 Å². The van der Waals surface area contributed by atoms with Crippen molar-refractivity contribution >= 4 is 46.4 Å². The normalized spacial score (nSPS) is 10.2. The van der Waals surface area contributed by atoms with E-state index < -0.39 is 0 Å². The minimum atomic E-state index is 0.551. The van der Waals surface area contributed by atoms with Gasteiger partial charge in [-0.1, -0.05) is 29.3 Å². The summed E-state index contributed by atoms with van der Waals surface area (Å²) < 4.78 is 5.12. The molecule has 0 unspecified atom stereocenters. The fourth-order valence-electron chi connectivity index (χ4n) is 1.89. The minimum absolute atomic E-state index is 0.551. The first-order valence-electron chi connectivity index (χ1n) is 7.16. The van der Waals surface area contributed by atoms with Crippen molar-refractivity contribution in [3.8, 4) is 5.75 Å². The van der Waals surface area contributed by atoms with E-state index in [2.05, 4.69) is 41.8 Å². The van der Waals surface area contributed by atoms with E-state index in [-0.39, 0.29) is 0 Å². The summed E-state index contributed by atoms with van der Waals surface area (Å²) in [6.45, 7) is 2.87. The van der Waals surface area contributed by atoms with Gasteiger partial charge in [-0.2, -0.15) is 0 Å². The number of hydrogen-bond acceptors (Lipinski definition) is 3. The predicted octanol–water partition coefficient (Wildman–Crippen LogP) is 4.74. The van der Waals surface area contributed by atoms with E-state index in [1.807, 2.05) is 6.07 Å². The summed E-state index contributed by atoms with van der Waals surface area (Å²) in [6.07, 6.45) is 0. The molecule has 23 heavy (non-hydrogen) atoms. The first-order chi connectivity index (χ1) is 11.1. The molecule has 0 aromatic heterocycles. The van der Waals surface area contributed by atoms with Crippen molar-refractivity contribution in [2.24, 2.45) is 0 Å². The number of hydrogen-bond donors (Lipinski definition) is 2. The van der Waals surface area contributed by atoms with Crippen LogP contribution in [0.1, 0.15) is 5.56 Å². The first-order valence-corrected chi connectivity index (χ1v) is 8.93. The number of ether oxygens (including phenoxy) is 1. The van der Waals surface area contributed by atoms with Crippen LogP contribution in [0.25, 0.3) is 0 Å². The molecule has 0 spiro atoms. The van der Waals surface area contributed by atoms with Crippen molar-refractivity contribution in [1.82, 2.24) is 5.32 Å². The van der Waals surface area contributed by atoms with E-state index in [1.54, 1.807) is 31.0 Å². The van der Waals surface area contributed by atoms with Gasteiger partial charge < -0.3 is 15.4 Å². The average Bonchev–Trinajstić information content (AvgIpc) is 2.53. The Morgan fingerprint density at radius 3 is 2.61 bits per heavy atom. The Hall–Kier alpha value is -1.43. The summed E-state index contributed by atoms with van der Waals surface area (Å²) in [5.41, 5.74) is 2.11. The maximum atomic E-state index is 6.09. The maximum Gasteiger partial charge on any atom is 0.170 e. The van der Waals surface area contributed by atoms with Crippen molar-refractivity contribution in [2.45, 2.75) is 11.8 Å². The van der Waals surface area contributed by atoms with Crippen LogP contribution in [0.3, 0.4) is 0 Å². The van der Waals surface area contributed by atoms with Crippen LogP contribution >= 0.6 is 35.6 Å². The highest BCUT2D eigenvalue weighted by molar-refractivity contribution is 7.99. The Morgan fingerprint density at radius 2 is 1.96 bits per heavy atom. The lowest BCUT2D eigenvalue weighted by atomic mass is 10.2. The maximum absolute atomic E-state index is 6.09. The van der Waals surface area contributed by atoms with Gasteiger partial charge in [0.2, 0.25) is 0 Å². The zero-order valence-corrected chi connectivity index (χ0v) is 15.4. The SMILES string of the molecule is COc1ccc(NC(=S)NCCSc2ccc(C)cc2)cc1Cl. The molecular weight excluding hydrogens is 348 g/mol. The number of aryl methyl sites for hydroxylation is 1. The predicted molar refractivity (Wildman–Crippen MR) is 104 cm³/mol. The Labute approximate surface area is 151 Å². The van der Waals surface area contributed by atoms with E-state index in [0.29, 0.717) is 15.9 Å². The molecular formula is C17H19ClN2OS2. The fraction of sp³-hybridized carbons (Fsp3) is 0.235. The van der Waals surface area contributed by atoms with Crippen molar-refractivity contribution in [3.05, 3.63) is 53.1 Å².